The number of benzene rings is 2. The number of nitrogens with one attached hydrogen (secondary N) is 1. The molecule has 2 amide bonds. The molecule has 1 fully saturated rings. The van der Waals surface area contributed by atoms with Crippen molar-refractivity contribution in [2.75, 3.05) is 32.8 Å². The van der Waals surface area contributed by atoms with E-state index in [4.69, 9.17) is 4.74 Å². The summed E-state index contributed by atoms with van der Waals surface area (Å²) in [6.45, 7) is 3.90. The number of nitrogens with zero attached hydrogens (tertiary/aromatic N) is 2. The summed E-state index contributed by atoms with van der Waals surface area (Å²) in [5.74, 6) is 0.875. The number of fused-ring (bicyclic) bond motifs is 1. The van der Waals surface area contributed by atoms with E-state index in [0.29, 0.717) is 52.3 Å². The maximum atomic E-state index is 12.9. The average molecular weight is 480 g/mol. The van der Waals surface area contributed by atoms with Gasteiger partial charge >= 0.3 is 0 Å². The van der Waals surface area contributed by atoms with Crippen LogP contribution in [0, 0.1) is 0 Å². The highest BCUT2D eigenvalue weighted by Gasteiger charge is 2.23. The number of rotatable bonds is 4. The van der Waals surface area contributed by atoms with E-state index in [1.807, 2.05) is 36.4 Å². The van der Waals surface area contributed by atoms with Gasteiger partial charge in [-0.15, -0.1) is 0 Å². The molecule has 0 bridgehead atoms. The van der Waals surface area contributed by atoms with Gasteiger partial charge in [-0.2, -0.15) is 0 Å². The van der Waals surface area contributed by atoms with Crippen LogP contribution < -0.4 is 10.1 Å². The lowest BCUT2D eigenvalue weighted by atomic mass is 10.0. The van der Waals surface area contributed by atoms with Crippen LogP contribution in [0.25, 0.3) is 0 Å². The Morgan fingerprint density at radius 3 is 2.71 bits per heavy atom. The van der Waals surface area contributed by atoms with Crippen LogP contribution in [0.5, 0.6) is 5.75 Å². The fourth-order valence-electron chi connectivity index (χ4n) is 4.80. The van der Waals surface area contributed by atoms with Gasteiger partial charge in [0.1, 0.15) is 5.75 Å². The molecule has 0 aromatic heterocycles. The molecule has 188 valence electrons. The van der Waals surface area contributed by atoms with E-state index in [1.165, 1.54) is 0 Å². The number of β-amino-alcohol motifs (C(OH)–C–C–N with tert-alkyl or cyclic N) is 1. The summed E-state index contributed by atoms with van der Waals surface area (Å²) in [4.78, 5) is 29.4. The Hall–Kier alpha value is -2.90. The molecule has 2 heterocycles. The molecular formula is C28H37N3O4. The van der Waals surface area contributed by atoms with E-state index < -0.39 is 6.10 Å². The molecule has 35 heavy (non-hydrogen) atoms. The van der Waals surface area contributed by atoms with Gasteiger partial charge in [0.05, 0.1) is 25.7 Å². The van der Waals surface area contributed by atoms with Crippen molar-refractivity contribution in [2.24, 2.45) is 0 Å². The minimum atomic E-state index is -0.431. The first-order chi connectivity index (χ1) is 17.1. The number of carbonyl (C=O) groups is 2. The van der Waals surface area contributed by atoms with Crippen LogP contribution in [0.4, 0.5) is 0 Å². The third-order valence-electron chi connectivity index (χ3n) is 6.64. The van der Waals surface area contributed by atoms with Crippen LogP contribution in [0.3, 0.4) is 0 Å². The molecule has 1 atom stereocenters. The standard InChI is InChI=1S/C28H37N3O4/c32-25-10-7-14-31(20-25)28(34)17-23-11-12-26-24(16-23)19-30(18-22-8-3-1-4-9-22)21-27(33)29-13-5-2-6-15-35-26/h1,3-4,8-9,11-12,16,25,32H,2,5-7,10,13-15,17-21H2,(H,29,33). The Labute approximate surface area is 208 Å². The van der Waals surface area contributed by atoms with Gasteiger partial charge in [0.2, 0.25) is 11.8 Å². The molecule has 2 N–H and O–H groups in total. The van der Waals surface area contributed by atoms with Crippen LogP contribution in [-0.2, 0) is 29.1 Å². The SMILES string of the molecule is O=C1CN(Cc2ccccc2)Cc2cc(CC(=O)N3CCCC(O)C3)ccc2OCCCCCN1. The topological polar surface area (TPSA) is 82.1 Å². The average Bonchev–Trinajstić information content (AvgIpc) is 2.86. The minimum absolute atomic E-state index is 0.0256. The van der Waals surface area contributed by atoms with Crippen molar-refractivity contribution in [1.82, 2.24) is 15.1 Å². The summed E-state index contributed by atoms with van der Waals surface area (Å²) in [5, 5.41) is 13.0. The summed E-state index contributed by atoms with van der Waals surface area (Å²) in [5.41, 5.74) is 3.05. The van der Waals surface area contributed by atoms with Gasteiger partial charge in [0, 0.05) is 38.3 Å². The van der Waals surface area contributed by atoms with Gasteiger partial charge in [-0.25, -0.2) is 0 Å². The lowest BCUT2D eigenvalue weighted by Crippen LogP contribution is -2.42. The van der Waals surface area contributed by atoms with Crippen molar-refractivity contribution >= 4 is 11.8 Å². The molecule has 0 aliphatic carbocycles. The van der Waals surface area contributed by atoms with Crippen molar-refractivity contribution in [2.45, 2.75) is 57.7 Å². The predicted molar refractivity (Wildman–Crippen MR) is 135 cm³/mol. The summed E-state index contributed by atoms with van der Waals surface area (Å²) in [6.07, 6.45) is 4.32. The third-order valence-corrected chi connectivity index (χ3v) is 6.64. The van der Waals surface area contributed by atoms with Crippen LogP contribution in [-0.4, -0.2) is 65.6 Å². The van der Waals surface area contributed by atoms with Crippen molar-refractivity contribution in [3.63, 3.8) is 0 Å². The third kappa shape index (κ3) is 7.80. The van der Waals surface area contributed by atoms with Crippen molar-refractivity contribution in [1.29, 1.82) is 0 Å². The number of hydrogen-bond donors (Lipinski definition) is 2. The Morgan fingerprint density at radius 1 is 1.03 bits per heavy atom. The molecule has 4 rings (SSSR count). The van der Waals surface area contributed by atoms with E-state index in [-0.39, 0.29) is 11.8 Å². The highest BCUT2D eigenvalue weighted by Crippen LogP contribution is 2.25. The van der Waals surface area contributed by atoms with Gasteiger partial charge in [-0.1, -0.05) is 42.5 Å². The number of ether oxygens (including phenoxy) is 1. The Balaban J connectivity index is 1.54. The lowest BCUT2D eigenvalue weighted by molar-refractivity contribution is -0.133. The Bertz CT molecular complexity index is 981. The predicted octanol–water partition coefficient (Wildman–Crippen LogP) is 2.89. The summed E-state index contributed by atoms with van der Waals surface area (Å²) >= 11 is 0. The van der Waals surface area contributed by atoms with Crippen molar-refractivity contribution in [3.05, 3.63) is 65.2 Å². The van der Waals surface area contributed by atoms with Gasteiger partial charge in [-0.3, -0.25) is 14.5 Å². The van der Waals surface area contributed by atoms with Crippen LogP contribution in [0.2, 0.25) is 0 Å². The van der Waals surface area contributed by atoms with Crippen LogP contribution >= 0.6 is 0 Å². The normalized spacial score (nSPS) is 20.4. The van der Waals surface area contributed by atoms with Crippen LogP contribution in [0.1, 0.15) is 48.8 Å². The largest absolute Gasteiger partial charge is 0.493 e. The summed E-state index contributed by atoms with van der Waals surface area (Å²) in [7, 11) is 0. The molecule has 1 unspecified atom stereocenters. The summed E-state index contributed by atoms with van der Waals surface area (Å²) < 4.78 is 6.16. The molecule has 1 saturated heterocycles. The molecule has 2 aromatic rings. The van der Waals surface area contributed by atoms with E-state index in [1.54, 1.807) is 4.90 Å². The second kappa shape index (κ2) is 12.7. The molecule has 0 spiro atoms. The monoisotopic (exact) mass is 479 g/mol. The smallest absolute Gasteiger partial charge is 0.234 e. The summed E-state index contributed by atoms with van der Waals surface area (Å²) in [6, 6.07) is 16.1. The molecule has 0 radical (unpaired) electrons. The zero-order valence-corrected chi connectivity index (χ0v) is 20.5. The number of aliphatic hydroxyl groups excluding tert-OH is 1. The van der Waals surface area contributed by atoms with E-state index in [2.05, 4.69) is 22.3 Å². The fourth-order valence-corrected chi connectivity index (χ4v) is 4.80. The maximum Gasteiger partial charge on any atom is 0.234 e. The van der Waals surface area contributed by atoms with Gasteiger partial charge < -0.3 is 20.1 Å². The maximum absolute atomic E-state index is 12.9. The van der Waals surface area contributed by atoms with Crippen molar-refractivity contribution < 1.29 is 19.4 Å². The zero-order chi connectivity index (χ0) is 24.5. The molecule has 2 aliphatic rings. The molecular weight excluding hydrogens is 442 g/mol. The lowest BCUT2D eigenvalue weighted by Gasteiger charge is -2.30. The van der Waals surface area contributed by atoms with E-state index in [9.17, 15) is 14.7 Å². The first kappa shape index (κ1) is 25.2. The first-order valence-electron chi connectivity index (χ1n) is 12.8. The molecule has 0 saturated carbocycles. The minimum Gasteiger partial charge on any atom is -0.493 e. The second-order valence-electron chi connectivity index (χ2n) is 9.64. The van der Waals surface area contributed by atoms with E-state index >= 15 is 0 Å². The fraction of sp³-hybridized carbons (Fsp3) is 0.500. The number of carbonyl (C=O) groups excluding carboxylic acids is 2. The Morgan fingerprint density at radius 2 is 1.89 bits per heavy atom. The first-order valence-corrected chi connectivity index (χ1v) is 12.8. The number of amides is 2. The van der Waals surface area contributed by atoms with Gasteiger partial charge in [-0.05, 0) is 49.3 Å². The molecule has 2 aromatic carbocycles. The highest BCUT2D eigenvalue weighted by molar-refractivity contribution is 5.79. The van der Waals surface area contributed by atoms with Crippen molar-refractivity contribution in [3.8, 4) is 5.75 Å². The number of piperidine rings is 1. The quantitative estimate of drug-likeness (QED) is 0.705. The Kier molecular flexibility index (Phi) is 9.15. The van der Waals surface area contributed by atoms with Gasteiger partial charge in [0.25, 0.3) is 0 Å². The number of aliphatic hydroxyl groups is 1. The molecule has 7 heteroatoms. The van der Waals surface area contributed by atoms with E-state index in [0.717, 1.165) is 54.5 Å². The number of hydrogen-bond acceptors (Lipinski definition) is 5. The zero-order valence-electron chi connectivity index (χ0n) is 20.5. The molecule has 2 aliphatic heterocycles. The van der Waals surface area contributed by atoms with Gasteiger partial charge in [0.15, 0.2) is 0 Å². The number of likely N-dealkylation sites (tertiary alicyclic amines) is 1. The van der Waals surface area contributed by atoms with Crippen LogP contribution in [0.15, 0.2) is 48.5 Å². The highest BCUT2D eigenvalue weighted by atomic mass is 16.5. The molecule has 7 nitrogen and oxygen atoms in total. The second-order valence-corrected chi connectivity index (χ2v) is 9.64.